The molecule has 31 heavy (non-hydrogen) atoms. The Bertz CT molecular complexity index is 324. The summed E-state index contributed by atoms with van der Waals surface area (Å²) in [5.41, 5.74) is 0. The van der Waals surface area contributed by atoms with Gasteiger partial charge in [0.2, 0.25) is 5.91 Å². The van der Waals surface area contributed by atoms with Crippen LogP contribution in [0.4, 0.5) is 0 Å². The van der Waals surface area contributed by atoms with Crippen LogP contribution in [0, 0.1) is 11.8 Å². The minimum Gasteiger partial charge on any atom is -0.385 e. The van der Waals surface area contributed by atoms with Crippen LogP contribution >= 0.6 is 8.96 Å². The van der Waals surface area contributed by atoms with Crippen molar-refractivity contribution in [2.24, 2.45) is 11.8 Å². The molecular formula is C25H59N2O3P. The van der Waals surface area contributed by atoms with Crippen LogP contribution in [0.25, 0.3) is 0 Å². The fourth-order valence-corrected chi connectivity index (χ4v) is 2.28. The van der Waals surface area contributed by atoms with E-state index in [0.717, 1.165) is 18.4 Å². The summed E-state index contributed by atoms with van der Waals surface area (Å²) in [4.78, 5) is 18.2. The fourth-order valence-electron chi connectivity index (χ4n) is 2.03. The number of hydrogen-bond acceptors (Lipinski definition) is 4. The van der Waals surface area contributed by atoms with Gasteiger partial charge in [-0.2, -0.15) is 0 Å². The maximum absolute atomic E-state index is 10.0. The Kier molecular flexibility index (Phi) is 52.6. The molecule has 0 aromatic heterocycles. The van der Waals surface area contributed by atoms with Crippen molar-refractivity contribution in [2.45, 2.75) is 121 Å². The molecule has 2 unspecified atom stereocenters. The van der Waals surface area contributed by atoms with Crippen LogP contribution in [0.5, 0.6) is 0 Å². The second kappa shape index (κ2) is 39.9. The van der Waals surface area contributed by atoms with Gasteiger partial charge in [-0.3, -0.25) is 9.88 Å². The summed E-state index contributed by atoms with van der Waals surface area (Å²) < 4.78 is 4.54. The second-order valence-corrected chi connectivity index (χ2v) is 8.31. The summed E-state index contributed by atoms with van der Waals surface area (Å²) in [6.07, 6.45) is 11.8. The van der Waals surface area contributed by atoms with E-state index >= 15 is 0 Å². The van der Waals surface area contributed by atoms with Crippen molar-refractivity contribution in [1.82, 2.24) is 10.4 Å². The average Bonchev–Trinajstić information content (AvgIpc) is 3.14. The molecule has 3 atom stereocenters. The van der Waals surface area contributed by atoms with Crippen LogP contribution in [0.15, 0.2) is 12.3 Å². The van der Waals surface area contributed by atoms with E-state index < -0.39 is 0 Å². The van der Waals surface area contributed by atoms with Gasteiger partial charge >= 0.3 is 0 Å². The Balaban J connectivity index is -0.0000000912. The zero-order valence-electron chi connectivity index (χ0n) is 23.1. The first-order chi connectivity index (χ1) is 14.6. The van der Waals surface area contributed by atoms with Crippen LogP contribution in [-0.2, 0) is 9.53 Å². The van der Waals surface area contributed by atoms with Crippen molar-refractivity contribution >= 4 is 14.9 Å². The molecule has 0 saturated heterocycles. The highest BCUT2D eigenvalue weighted by Gasteiger charge is 2.18. The molecule has 192 valence electrons. The highest BCUT2D eigenvalue weighted by Crippen LogP contribution is 2.31. The molecule has 1 rings (SSSR count). The predicted octanol–water partition coefficient (Wildman–Crippen LogP) is 7.46. The van der Waals surface area contributed by atoms with E-state index in [9.17, 15) is 4.79 Å². The van der Waals surface area contributed by atoms with E-state index in [4.69, 9.17) is 4.89 Å². The summed E-state index contributed by atoms with van der Waals surface area (Å²) in [5, 5.41) is 5.27. The van der Waals surface area contributed by atoms with Gasteiger partial charge in [-0.05, 0) is 52.2 Å². The van der Waals surface area contributed by atoms with Gasteiger partial charge in [0.25, 0.3) is 0 Å². The zero-order valence-corrected chi connectivity index (χ0v) is 24.1. The number of amides is 1. The van der Waals surface area contributed by atoms with E-state index in [0.29, 0.717) is 6.04 Å². The number of hydrogen-bond donors (Lipinski definition) is 3. The van der Waals surface area contributed by atoms with Crippen molar-refractivity contribution in [2.75, 3.05) is 13.7 Å². The summed E-state index contributed by atoms with van der Waals surface area (Å²) >= 11 is 0. The molecular weight excluding hydrogens is 407 g/mol. The molecule has 0 aliphatic heterocycles. The lowest BCUT2D eigenvalue weighted by Gasteiger charge is -2.02. The van der Waals surface area contributed by atoms with Gasteiger partial charge in [-0.25, -0.2) is 0 Å². The van der Waals surface area contributed by atoms with E-state index in [-0.39, 0.29) is 14.9 Å². The third-order valence-electron chi connectivity index (χ3n) is 3.48. The summed E-state index contributed by atoms with van der Waals surface area (Å²) in [7, 11) is 1.57. The molecule has 1 amide bonds. The van der Waals surface area contributed by atoms with Crippen LogP contribution in [-0.4, -0.2) is 30.6 Å². The summed E-state index contributed by atoms with van der Waals surface area (Å²) in [6.45, 7) is 23.3. The van der Waals surface area contributed by atoms with Crippen LogP contribution in [0.1, 0.15) is 115 Å². The minimum absolute atomic E-state index is 0.0295. The van der Waals surface area contributed by atoms with Gasteiger partial charge in [-0.1, -0.05) is 79.7 Å². The van der Waals surface area contributed by atoms with Crippen LogP contribution < -0.4 is 10.4 Å². The third-order valence-corrected chi connectivity index (χ3v) is 4.18. The lowest BCUT2D eigenvalue weighted by Crippen LogP contribution is -2.11. The number of nitrogens with one attached hydrogen (secondary N) is 2. The topological polar surface area (TPSA) is 70.6 Å². The van der Waals surface area contributed by atoms with Gasteiger partial charge < -0.3 is 14.9 Å². The first-order valence-electron chi connectivity index (χ1n) is 12.1. The Morgan fingerprint density at radius 3 is 1.68 bits per heavy atom. The lowest BCUT2D eigenvalue weighted by atomic mass is 10.0. The second-order valence-electron chi connectivity index (χ2n) is 7.80. The largest absolute Gasteiger partial charge is 0.385 e. The molecule has 3 N–H and O–H groups in total. The molecule has 5 nitrogen and oxygen atoms in total. The molecule has 0 bridgehead atoms. The first kappa shape index (κ1) is 40.8. The number of carbonyl (C=O) groups is 1. The molecule has 1 aliphatic carbocycles. The summed E-state index contributed by atoms with van der Waals surface area (Å²) in [5.74, 6) is 2.07. The Labute approximate surface area is 198 Å². The van der Waals surface area contributed by atoms with Crippen molar-refractivity contribution in [3.8, 4) is 0 Å². The van der Waals surface area contributed by atoms with Gasteiger partial charge in [0.15, 0.2) is 0 Å². The van der Waals surface area contributed by atoms with Crippen molar-refractivity contribution in [1.29, 1.82) is 0 Å². The van der Waals surface area contributed by atoms with E-state index in [1.54, 1.807) is 19.4 Å². The number of carbonyl (C=O) groups excluding carboxylic acids is 1. The zero-order chi connectivity index (χ0) is 25.5. The van der Waals surface area contributed by atoms with Crippen molar-refractivity contribution in [3.63, 3.8) is 0 Å². The van der Waals surface area contributed by atoms with Gasteiger partial charge in [0.1, 0.15) is 0 Å². The maximum Gasteiger partial charge on any atom is 0.220 e. The molecule has 1 aliphatic rings. The lowest BCUT2D eigenvalue weighted by molar-refractivity contribution is -0.118. The van der Waals surface area contributed by atoms with Crippen molar-refractivity contribution < 1.29 is 14.4 Å². The minimum atomic E-state index is -0.112. The predicted molar refractivity (Wildman–Crippen MR) is 144 cm³/mol. The van der Waals surface area contributed by atoms with E-state index in [2.05, 4.69) is 56.7 Å². The molecule has 6 heteroatoms. The Morgan fingerprint density at radius 2 is 1.58 bits per heavy atom. The molecule has 0 heterocycles. The van der Waals surface area contributed by atoms with Crippen LogP contribution in [0.3, 0.4) is 0 Å². The number of ether oxygens (including phenoxy) is 1. The van der Waals surface area contributed by atoms with Crippen molar-refractivity contribution in [3.05, 3.63) is 12.3 Å². The fraction of sp³-hybridized carbons (Fsp3) is 0.880. The first-order valence-corrected chi connectivity index (χ1v) is 13.1. The highest BCUT2D eigenvalue weighted by molar-refractivity contribution is 7.28. The molecule has 0 radical (unpaired) electrons. The number of allylic oxidation sites excluding steroid dienone is 1. The quantitative estimate of drug-likeness (QED) is 0.368. The number of methoxy groups -OCH3 is 1. The Morgan fingerprint density at radius 1 is 1.13 bits per heavy atom. The van der Waals surface area contributed by atoms with E-state index in [1.807, 2.05) is 27.7 Å². The monoisotopic (exact) mass is 466 g/mol. The Hall–Kier alpha value is -0.480. The average molecular weight is 467 g/mol. The van der Waals surface area contributed by atoms with E-state index in [1.165, 1.54) is 45.4 Å². The third kappa shape index (κ3) is 65.2. The SMILES string of the molecule is C/C=C\NC(C)=O.CC(C)NPO.CCC.CCC.CCC1CC[C@@H](C)C1.CCOC. The smallest absolute Gasteiger partial charge is 0.220 e. The normalized spacial score (nSPS) is 16.5. The number of rotatable bonds is 5. The molecule has 0 aromatic rings. The molecule has 0 spiro atoms. The van der Waals surface area contributed by atoms with Gasteiger partial charge in [0.05, 0.1) is 8.96 Å². The molecule has 1 saturated carbocycles. The standard InChI is InChI=1S/C8H16.C5H9NO.C3H10NOP.C3H8O.2C3H8/c1-3-8-5-4-7(2)6-8;1-3-4-6-5(2)7;1-3(2)4-6-5;1-3-4-2;2*1-3-2/h7-8H,3-6H2,1-2H3;3-4H,1-2H3,(H,6,7);3-6H,1-2H3;3H2,1-2H3;2*3H2,1-2H3/b;4-3-;;;;/t7-,8?;;;;;/m1...../s1. The molecule has 0 aromatic carbocycles. The van der Waals surface area contributed by atoms with Gasteiger partial charge in [0, 0.05) is 26.7 Å². The van der Waals surface area contributed by atoms with Crippen LogP contribution in [0.2, 0.25) is 0 Å². The summed E-state index contributed by atoms with van der Waals surface area (Å²) in [6, 6.07) is 0.410. The molecule has 1 fully saturated rings. The maximum atomic E-state index is 10.0. The van der Waals surface area contributed by atoms with Gasteiger partial charge in [-0.15, -0.1) is 0 Å². The highest BCUT2D eigenvalue weighted by atomic mass is 31.1.